The van der Waals surface area contributed by atoms with Gasteiger partial charge in [-0.05, 0) is 42.8 Å². The minimum Gasteiger partial charge on any atom is -0.467 e. The topological polar surface area (TPSA) is 38.4 Å². The first-order valence-corrected chi connectivity index (χ1v) is 8.94. The van der Waals surface area contributed by atoms with Crippen molar-refractivity contribution in [2.24, 2.45) is 0 Å². The number of benzene rings is 1. The summed E-state index contributed by atoms with van der Waals surface area (Å²) in [6.07, 6.45) is 5.81. The molecule has 1 amide bonds. The standard InChI is InChI=1S/C19H18N2O2S/c1-14-4-2-5-16(10-14)20-8-7-15(11-20)19-21(18(22)13-24-19)12-17-6-3-9-23-17/h2-11,19H,12-13H2,1H3/t19-/m0/s1. The average Bonchev–Trinajstić information content (AvgIpc) is 3.30. The molecule has 0 unspecified atom stereocenters. The lowest BCUT2D eigenvalue weighted by molar-refractivity contribution is -0.128. The van der Waals surface area contributed by atoms with Gasteiger partial charge in [0.25, 0.3) is 0 Å². The number of hydrogen-bond donors (Lipinski definition) is 0. The van der Waals surface area contributed by atoms with Crippen LogP contribution >= 0.6 is 11.8 Å². The number of rotatable bonds is 4. The van der Waals surface area contributed by atoms with Crippen molar-refractivity contribution in [3.63, 3.8) is 0 Å². The maximum Gasteiger partial charge on any atom is 0.234 e. The number of carbonyl (C=O) groups excluding carboxylic acids is 1. The second-order valence-electron chi connectivity index (χ2n) is 5.96. The smallest absolute Gasteiger partial charge is 0.234 e. The van der Waals surface area contributed by atoms with Gasteiger partial charge in [0.15, 0.2) is 0 Å². The van der Waals surface area contributed by atoms with Crippen molar-refractivity contribution < 1.29 is 9.21 Å². The van der Waals surface area contributed by atoms with Crippen molar-refractivity contribution in [3.8, 4) is 5.69 Å². The van der Waals surface area contributed by atoms with Gasteiger partial charge in [-0.2, -0.15) is 0 Å². The van der Waals surface area contributed by atoms with Gasteiger partial charge in [0.2, 0.25) is 5.91 Å². The molecule has 0 N–H and O–H groups in total. The summed E-state index contributed by atoms with van der Waals surface area (Å²) in [4.78, 5) is 14.2. The van der Waals surface area contributed by atoms with E-state index in [9.17, 15) is 4.79 Å². The molecule has 1 aliphatic heterocycles. The average molecular weight is 338 g/mol. The maximum atomic E-state index is 12.3. The SMILES string of the molecule is Cc1cccc(-n2ccc([C@@H]3SCC(=O)N3Cc3ccco3)c2)c1. The van der Waals surface area contributed by atoms with Gasteiger partial charge in [-0.1, -0.05) is 12.1 Å². The Hall–Kier alpha value is -2.40. The van der Waals surface area contributed by atoms with Crippen LogP contribution in [0.4, 0.5) is 0 Å². The molecule has 122 valence electrons. The quantitative estimate of drug-likeness (QED) is 0.717. The van der Waals surface area contributed by atoms with Crippen molar-refractivity contribution >= 4 is 17.7 Å². The molecule has 24 heavy (non-hydrogen) atoms. The Morgan fingerprint density at radius 3 is 2.96 bits per heavy atom. The van der Waals surface area contributed by atoms with Crippen molar-refractivity contribution in [1.82, 2.24) is 9.47 Å². The predicted molar refractivity (Wildman–Crippen MR) is 95.0 cm³/mol. The molecule has 0 radical (unpaired) electrons. The number of furan rings is 1. The largest absolute Gasteiger partial charge is 0.467 e. The van der Waals surface area contributed by atoms with Gasteiger partial charge in [0.1, 0.15) is 11.1 Å². The highest BCUT2D eigenvalue weighted by Crippen LogP contribution is 2.40. The Morgan fingerprint density at radius 2 is 2.17 bits per heavy atom. The van der Waals surface area contributed by atoms with E-state index in [1.807, 2.05) is 17.0 Å². The normalized spacial score (nSPS) is 17.6. The van der Waals surface area contributed by atoms with Crippen LogP contribution in [-0.4, -0.2) is 21.1 Å². The number of carbonyl (C=O) groups is 1. The molecular formula is C19H18N2O2S. The van der Waals surface area contributed by atoms with E-state index in [0.717, 1.165) is 17.0 Å². The maximum absolute atomic E-state index is 12.3. The number of hydrogen-bond acceptors (Lipinski definition) is 3. The molecular weight excluding hydrogens is 320 g/mol. The molecule has 5 heteroatoms. The van der Waals surface area contributed by atoms with Gasteiger partial charge < -0.3 is 13.9 Å². The van der Waals surface area contributed by atoms with Crippen LogP contribution in [0.25, 0.3) is 5.69 Å². The Labute approximate surface area is 145 Å². The molecule has 3 heterocycles. The molecule has 0 saturated carbocycles. The first-order chi connectivity index (χ1) is 11.7. The van der Waals surface area contributed by atoms with Crippen molar-refractivity contribution in [2.45, 2.75) is 18.8 Å². The fourth-order valence-corrected chi connectivity index (χ4v) is 4.15. The first kappa shape index (κ1) is 15.1. The third-order valence-electron chi connectivity index (χ3n) is 4.18. The Balaban J connectivity index is 1.60. The van der Waals surface area contributed by atoms with E-state index in [4.69, 9.17) is 4.42 Å². The highest BCUT2D eigenvalue weighted by molar-refractivity contribution is 8.00. The van der Waals surface area contributed by atoms with Crippen LogP contribution in [0.1, 0.15) is 22.3 Å². The number of amides is 1. The predicted octanol–water partition coefficient (Wildman–Crippen LogP) is 4.15. The van der Waals surface area contributed by atoms with Crippen molar-refractivity contribution in [1.29, 1.82) is 0 Å². The van der Waals surface area contributed by atoms with Crippen molar-refractivity contribution in [3.05, 3.63) is 78.0 Å². The van der Waals surface area contributed by atoms with Crippen LogP contribution in [-0.2, 0) is 11.3 Å². The summed E-state index contributed by atoms with van der Waals surface area (Å²) in [5, 5.41) is 0.0358. The lowest BCUT2D eigenvalue weighted by Crippen LogP contribution is -2.27. The monoisotopic (exact) mass is 338 g/mol. The Kier molecular flexibility index (Phi) is 3.94. The zero-order valence-corrected chi connectivity index (χ0v) is 14.2. The summed E-state index contributed by atoms with van der Waals surface area (Å²) in [5.41, 5.74) is 3.50. The second kappa shape index (κ2) is 6.24. The van der Waals surface area contributed by atoms with Crippen molar-refractivity contribution in [2.75, 3.05) is 5.75 Å². The number of thioether (sulfide) groups is 1. The molecule has 1 fully saturated rings. The lowest BCUT2D eigenvalue weighted by atomic mass is 10.2. The van der Waals surface area contributed by atoms with Gasteiger partial charge in [-0.25, -0.2) is 0 Å². The molecule has 4 rings (SSSR count). The summed E-state index contributed by atoms with van der Waals surface area (Å²) >= 11 is 1.67. The minimum absolute atomic E-state index is 0.0358. The summed E-state index contributed by atoms with van der Waals surface area (Å²) in [6.45, 7) is 2.60. The Bertz CT molecular complexity index is 854. The second-order valence-corrected chi connectivity index (χ2v) is 7.02. The highest BCUT2D eigenvalue weighted by Gasteiger charge is 2.33. The summed E-state index contributed by atoms with van der Waals surface area (Å²) < 4.78 is 7.52. The molecule has 4 nitrogen and oxygen atoms in total. The number of nitrogens with zero attached hydrogens (tertiary/aromatic N) is 2. The van der Waals surface area contributed by atoms with E-state index in [-0.39, 0.29) is 11.3 Å². The van der Waals surface area contributed by atoms with E-state index < -0.39 is 0 Å². The molecule has 2 aromatic heterocycles. The van der Waals surface area contributed by atoms with Gasteiger partial charge >= 0.3 is 0 Å². The first-order valence-electron chi connectivity index (χ1n) is 7.89. The molecule has 0 spiro atoms. The molecule has 1 saturated heterocycles. The zero-order valence-electron chi connectivity index (χ0n) is 13.4. The number of aryl methyl sites for hydroxylation is 1. The van der Waals surface area contributed by atoms with Crippen LogP contribution in [0.5, 0.6) is 0 Å². The third-order valence-corrected chi connectivity index (χ3v) is 5.43. The fraction of sp³-hybridized carbons (Fsp3) is 0.211. The van der Waals surface area contributed by atoms with Crippen LogP contribution in [0.2, 0.25) is 0 Å². The molecule has 0 bridgehead atoms. The molecule has 1 aliphatic rings. The van der Waals surface area contributed by atoms with Crippen LogP contribution in [0.15, 0.2) is 65.5 Å². The van der Waals surface area contributed by atoms with Crippen LogP contribution in [0.3, 0.4) is 0 Å². The third kappa shape index (κ3) is 2.87. The molecule has 0 aliphatic carbocycles. The molecule has 1 aromatic carbocycles. The van der Waals surface area contributed by atoms with E-state index in [1.54, 1.807) is 18.0 Å². The van der Waals surface area contributed by atoms with E-state index in [1.165, 1.54) is 5.56 Å². The summed E-state index contributed by atoms with van der Waals surface area (Å²) in [6, 6.07) is 14.2. The molecule has 3 aromatic rings. The number of aromatic nitrogens is 1. The molecule has 1 atom stereocenters. The van der Waals surface area contributed by atoms with Crippen LogP contribution in [0, 0.1) is 6.92 Å². The summed E-state index contributed by atoms with van der Waals surface area (Å²) in [5.74, 6) is 1.49. The highest BCUT2D eigenvalue weighted by atomic mass is 32.2. The van der Waals surface area contributed by atoms with E-state index >= 15 is 0 Å². The van der Waals surface area contributed by atoms with Gasteiger partial charge in [-0.3, -0.25) is 4.79 Å². The van der Waals surface area contributed by atoms with Gasteiger partial charge in [0.05, 0.1) is 18.6 Å². The van der Waals surface area contributed by atoms with Crippen LogP contribution < -0.4 is 0 Å². The van der Waals surface area contributed by atoms with E-state index in [2.05, 4.69) is 54.2 Å². The van der Waals surface area contributed by atoms with Gasteiger partial charge in [0, 0.05) is 23.6 Å². The van der Waals surface area contributed by atoms with Gasteiger partial charge in [-0.15, -0.1) is 11.8 Å². The Morgan fingerprint density at radius 1 is 1.25 bits per heavy atom. The fourth-order valence-electron chi connectivity index (χ4n) is 2.98. The lowest BCUT2D eigenvalue weighted by Gasteiger charge is -2.22. The zero-order chi connectivity index (χ0) is 16.5. The minimum atomic E-state index is 0.0358. The summed E-state index contributed by atoms with van der Waals surface area (Å²) in [7, 11) is 0. The van der Waals surface area contributed by atoms with E-state index in [0.29, 0.717) is 12.3 Å².